The summed E-state index contributed by atoms with van der Waals surface area (Å²) in [5, 5.41) is 16.6. The number of aryl methyl sites for hydroxylation is 1. The summed E-state index contributed by atoms with van der Waals surface area (Å²) in [5.41, 5.74) is 0.381. The number of anilines is 1. The fourth-order valence-electron chi connectivity index (χ4n) is 2.28. The van der Waals surface area contributed by atoms with E-state index in [-0.39, 0.29) is 16.6 Å². The number of nitrogens with zero attached hydrogens (tertiary/aromatic N) is 3. The Kier molecular flexibility index (Phi) is 4.61. The summed E-state index contributed by atoms with van der Waals surface area (Å²) >= 11 is 1.31. The lowest BCUT2D eigenvalue weighted by atomic mass is 10.3. The van der Waals surface area contributed by atoms with Crippen LogP contribution < -0.4 is 10.5 Å². The molecule has 1 aliphatic carbocycles. The molecular formula is C14H17N5O3S2. The molecule has 1 fully saturated rings. The summed E-state index contributed by atoms with van der Waals surface area (Å²) in [6, 6.07) is 6.27. The number of nitrogens with two attached hydrogens (primary N) is 1. The molecule has 2 aromatic rings. The summed E-state index contributed by atoms with van der Waals surface area (Å²) in [7, 11) is -3.80. The van der Waals surface area contributed by atoms with Crippen molar-refractivity contribution in [3.8, 4) is 0 Å². The highest BCUT2D eigenvalue weighted by Crippen LogP contribution is 2.38. The molecule has 1 aromatic carbocycles. The standard InChI is InChI=1S/C14H17N5O3S2/c1-9-17-18-14(19(9)11-5-6-11)23-8-13(20)16-10-3-2-4-12(7-10)24(15,21)22/h2-4,7,11H,5-6,8H2,1H3,(H,16,20)(H2,15,21,22). The summed E-state index contributed by atoms with van der Waals surface area (Å²) in [4.78, 5) is 12.0. The van der Waals surface area contributed by atoms with Crippen LogP contribution in [0.1, 0.15) is 24.7 Å². The average molecular weight is 367 g/mol. The Hall–Kier alpha value is -1.91. The van der Waals surface area contributed by atoms with E-state index in [9.17, 15) is 13.2 Å². The van der Waals surface area contributed by atoms with Crippen molar-refractivity contribution >= 4 is 33.4 Å². The van der Waals surface area contributed by atoms with Crippen LogP contribution in [0, 0.1) is 6.92 Å². The molecule has 0 unspecified atom stereocenters. The van der Waals surface area contributed by atoms with E-state index < -0.39 is 10.0 Å². The molecule has 1 saturated carbocycles. The van der Waals surface area contributed by atoms with Gasteiger partial charge in [-0.25, -0.2) is 13.6 Å². The number of amides is 1. The molecule has 0 bridgehead atoms. The number of carbonyl (C=O) groups is 1. The SMILES string of the molecule is Cc1nnc(SCC(=O)Nc2cccc(S(N)(=O)=O)c2)n1C1CC1. The van der Waals surface area contributed by atoms with E-state index in [1.807, 2.05) is 6.92 Å². The van der Waals surface area contributed by atoms with Gasteiger partial charge in [0.1, 0.15) is 5.82 Å². The Balaban J connectivity index is 1.62. The number of rotatable bonds is 6. The molecule has 1 amide bonds. The number of aromatic nitrogens is 3. The van der Waals surface area contributed by atoms with Crippen molar-refractivity contribution in [3.63, 3.8) is 0 Å². The van der Waals surface area contributed by atoms with Crippen molar-refractivity contribution in [1.82, 2.24) is 14.8 Å². The van der Waals surface area contributed by atoms with E-state index in [2.05, 4.69) is 20.1 Å². The lowest BCUT2D eigenvalue weighted by molar-refractivity contribution is -0.113. The molecule has 1 aliphatic rings. The van der Waals surface area contributed by atoms with Gasteiger partial charge in [0, 0.05) is 11.7 Å². The van der Waals surface area contributed by atoms with Gasteiger partial charge in [-0.2, -0.15) is 0 Å². The lowest BCUT2D eigenvalue weighted by Gasteiger charge is -2.08. The maximum Gasteiger partial charge on any atom is 0.238 e. The van der Waals surface area contributed by atoms with Crippen molar-refractivity contribution in [1.29, 1.82) is 0 Å². The first kappa shape index (κ1) is 16.9. The highest BCUT2D eigenvalue weighted by Gasteiger charge is 2.28. The second kappa shape index (κ2) is 6.54. The number of primary sulfonamides is 1. The van der Waals surface area contributed by atoms with Crippen LogP contribution in [0.2, 0.25) is 0 Å². The largest absolute Gasteiger partial charge is 0.325 e. The van der Waals surface area contributed by atoms with Gasteiger partial charge >= 0.3 is 0 Å². The maximum atomic E-state index is 12.1. The predicted octanol–water partition coefficient (Wildman–Crippen LogP) is 1.30. The molecular weight excluding hydrogens is 350 g/mol. The molecule has 1 heterocycles. The van der Waals surface area contributed by atoms with Gasteiger partial charge in [0.25, 0.3) is 0 Å². The summed E-state index contributed by atoms with van der Waals surface area (Å²) < 4.78 is 24.7. The monoisotopic (exact) mass is 367 g/mol. The number of thioether (sulfide) groups is 1. The van der Waals surface area contributed by atoms with Crippen LogP contribution in [-0.2, 0) is 14.8 Å². The van der Waals surface area contributed by atoms with E-state index in [0.717, 1.165) is 23.8 Å². The Bertz CT molecular complexity index is 874. The number of benzene rings is 1. The van der Waals surface area contributed by atoms with Crippen molar-refractivity contribution in [3.05, 3.63) is 30.1 Å². The second-order valence-electron chi connectivity index (χ2n) is 5.54. The van der Waals surface area contributed by atoms with Crippen LogP contribution in [-0.4, -0.2) is 34.8 Å². The van der Waals surface area contributed by atoms with E-state index in [4.69, 9.17) is 5.14 Å². The quantitative estimate of drug-likeness (QED) is 0.743. The second-order valence-corrected chi connectivity index (χ2v) is 8.04. The average Bonchev–Trinajstić information content (AvgIpc) is 3.28. The zero-order chi connectivity index (χ0) is 17.3. The zero-order valence-corrected chi connectivity index (χ0v) is 14.6. The molecule has 0 saturated heterocycles. The molecule has 0 aliphatic heterocycles. The summed E-state index contributed by atoms with van der Waals surface area (Å²) in [6.45, 7) is 1.90. The van der Waals surface area contributed by atoms with E-state index in [1.54, 1.807) is 6.07 Å². The van der Waals surface area contributed by atoms with Crippen LogP contribution in [0.4, 0.5) is 5.69 Å². The zero-order valence-electron chi connectivity index (χ0n) is 13.0. The maximum absolute atomic E-state index is 12.1. The third-order valence-electron chi connectivity index (χ3n) is 3.53. The first-order valence-corrected chi connectivity index (χ1v) is 9.85. The van der Waals surface area contributed by atoms with Gasteiger partial charge in [0.05, 0.1) is 10.6 Å². The van der Waals surface area contributed by atoms with Gasteiger partial charge in [0.15, 0.2) is 5.16 Å². The van der Waals surface area contributed by atoms with Gasteiger partial charge in [-0.15, -0.1) is 10.2 Å². The minimum atomic E-state index is -3.80. The van der Waals surface area contributed by atoms with Crippen LogP contribution in [0.25, 0.3) is 0 Å². The van der Waals surface area contributed by atoms with Crippen molar-refractivity contribution < 1.29 is 13.2 Å². The number of nitrogens with one attached hydrogen (secondary N) is 1. The highest BCUT2D eigenvalue weighted by atomic mass is 32.2. The third kappa shape index (κ3) is 3.94. The van der Waals surface area contributed by atoms with Crippen LogP contribution in [0.15, 0.2) is 34.3 Å². The van der Waals surface area contributed by atoms with E-state index >= 15 is 0 Å². The molecule has 3 rings (SSSR count). The molecule has 8 nitrogen and oxygen atoms in total. The topological polar surface area (TPSA) is 120 Å². The van der Waals surface area contributed by atoms with Gasteiger partial charge in [-0.1, -0.05) is 17.8 Å². The molecule has 3 N–H and O–H groups in total. The summed E-state index contributed by atoms with van der Waals surface area (Å²) in [6.07, 6.45) is 2.22. The van der Waals surface area contributed by atoms with E-state index in [0.29, 0.717) is 11.7 Å². The van der Waals surface area contributed by atoms with Crippen LogP contribution in [0.3, 0.4) is 0 Å². The number of sulfonamides is 1. The van der Waals surface area contributed by atoms with Gasteiger partial charge in [0.2, 0.25) is 15.9 Å². The Labute approximate surface area is 143 Å². The molecule has 24 heavy (non-hydrogen) atoms. The highest BCUT2D eigenvalue weighted by molar-refractivity contribution is 7.99. The molecule has 1 aromatic heterocycles. The third-order valence-corrected chi connectivity index (χ3v) is 5.38. The smallest absolute Gasteiger partial charge is 0.238 e. The van der Waals surface area contributed by atoms with Crippen molar-refractivity contribution in [2.45, 2.75) is 35.9 Å². The summed E-state index contributed by atoms with van der Waals surface area (Å²) in [5.74, 6) is 0.751. The molecule has 0 radical (unpaired) electrons. The lowest BCUT2D eigenvalue weighted by Crippen LogP contribution is -2.16. The Morgan fingerprint density at radius 1 is 1.42 bits per heavy atom. The minimum Gasteiger partial charge on any atom is -0.325 e. The van der Waals surface area contributed by atoms with E-state index in [1.165, 1.54) is 30.0 Å². The van der Waals surface area contributed by atoms with Crippen LogP contribution in [0.5, 0.6) is 0 Å². The first-order valence-electron chi connectivity index (χ1n) is 7.31. The molecule has 0 atom stereocenters. The Morgan fingerprint density at radius 2 is 2.17 bits per heavy atom. The predicted molar refractivity (Wildman–Crippen MR) is 90.2 cm³/mol. The van der Waals surface area contributed by atoms with Crippen molar-refractivity contribution in [2.24, 2.45) is 5.14 Å². The van der Waals surface area contributed by atoms with Gasteiger partial charge in [-0.05, 0) is 38.0 Å². The fraction of sp³-hybridized carbons (Fsp3) is 0.357. The number of hydrogen-bond donors (Lipinski definition) is 2. The van der Waals surface area contributed by atoms with Crippen molar-refractivity contribution in [2.75, 3.05) is 11.1 Å². The number of hydrogen-bond acceptors (Lipinski definition) is 6. The first-order chi connectivity index (χ1) is 11.3. The normalized spacial score (nSPS) is 14.6. The molecule has 0 spiro atoms. The van der Waals surface area contributed by atoms with Gasteiger partial charge < -0.3 is 9.88 Å². The Morgan fingerprint density at radius 3 is 2.83 bits per heavy atom. The fourth-order valence-corrected chi connectivity index (χ4v) is 3.69. The molecule has 128 valence electrons. The molecule has 10 heteroatoms. The number of carbonyl (C=O) groups excluding carboxylic acids is 1. The minimum absolute atomic E-state index is 0.0444. The van der Waals surface area contributed by atoms with Crippen LogP contribution >= 0.6 is 11.8 Å². The van der Waals surface area contributed by atoms with Gasteiger partial charge in [-0.3, -0.25) is 4.79 Å².